The zero-order valence-electron chi connectivity index (χ0n) is 38.4. The van der Waals surface area contributed by atoms with Crippen molar-refractivity contribution in [3.63, 3.8) is 0 Å². The number of hydrogen-bond donors (Lipinski definition) is 7. The van der Waals surface area contributed by atoms with Crippen molar-refractivity contribution in [1.29, 1.82) is 0 Å². The van der Waals surface area contributed by atoms with Gasteiger partial charge in [0.15, 0.2) is 11.5 Å². The van der Waals surface area contributed by atoms with Gasteiger partial charge in [-0.25, -0.2) is 4.79 Å². The zero-order chi connectivity index (χ0) is 45.4. The molecule has 1 aliphatic rings. The highest BCUT2D eigenvalue weighted by Crippen LogP contribution is 2.34. The van der Waals surface area contributed by atoms with Crippen LogP contribution in [0.25, 0.3) is 0 Å². The molecule has 1 saturated heterocycles. The average Bonchev–Trinajstić information content (AvgIpc) is 3.25. The van der Waals surface area contributed by atoms with Crippen molar-refractivity contribution in [3.05, 3.63) is 23.8 Å². The van der Waals surface area contributed by atoms with Crippen LogP contribution in [-0.4, -0.2) is 113 Å². The molecule has 358 valence electrons. The van der Waals surface area contributed by atoms with Crippen molar-refractivity contribution in [2.45, 2.75) is 218 Å². The maximum atomic E-state index is 13.2. The molecule has 0 radical (unpaired) electrons. The predicted octanol–water partition coefficient (Wildman–Crippen LogP) is 7.74. The summed E-state index contributed by atoms with van der Waals surface area (Å²) >= 11 is 0. The summed E-state index contributed by atoms with van der Waals surface area (Å²) in [6.45, 7) is 6.34. The summed E-state index contributed by atoms with van der Waals surface area (Å²) in [6.07, 6.45) is 20.2. The maximum Gasteiger partial charge on any atom is 0.364 e. The van der Waals surface area contributed by atoms with E-state index in [2.05, 4.69) is 24.5 Å². The summed E-state index contributed by atoms with van der Waals surface area (Å²) in [7, 11) is 0. The van der Waals surface area contributed by atoms with E-state index in [1.54, 1.807) is 12.1 Å². The highest BCUT2D eigenvalue weighted by atomic mass is 16.7. The van der Waals surface area contributed by atoms with Crippen molar-refractivity contribution in [2.75, 3.05) is 33.0 Å². The fourth-order valence-electron chi connectivity index (χ4n) is 7.82. The first-order valence-corrected chi connectivity index (χ1v) is 24.1. The molecule has 2 rings (SSSR count). The number of nitrogens with one attached hydrogen (secondary N) is 2. The minimum atomic E-state index is -2.35. The number of carbonyl (C=O) groups is 3. The van der Waals surface area contributed by atoms with Crippen LogP contribution in [-0.2, 0) is 19.1 Å². The summed E-state index contributed by atoms with van der Waals surface area (Å²) in [5.74, 6) is -3.43. The minimum Gasteiger partial charge on any atom is -0.490 e. The van der Waals surface area contributed by atoms with E-state index in [-0.39, 0.29) is 12.5 Å². The Hall–Kier alpha value is -3.01. The summed E-state index contributed by atoms with van der Waals surface area (Å²) in [6, 6.07) is 4.11. The van der Waals surface area contributed by atoms with Gasteiger partial charge in [-0.1, -0.05) is 142 Å². The second kappa shape index (κ2) is 33.5. The molecule has 2 amide bonds. The highest BCUT2D eigenvalue weighted by molar-refractivity contribution is 5.94. The van der Waals surface area contributed by atoms with Crippen molar-refractivity contribution in [3.8, 4) is 11.5 Å². The number of benzene rings is 1. The van der Waals surface area contributed by atoms with Crippen LogP contribution in [0.2, 0.25) is 0 Å². The summed E-state index contributed by atoms with van der Waals surface area (Å²) in [5, 5.41) is 56.2. The Balaban J connectivity index is 1.84. The molecule has 0 unspecified atom stereocenters. The molecule has 14 nitrogen and oxygen atoms in total. The summed E-state index contributed by atoms with van der Waals surface area (Å²) < 4.78 is 23.7. The van der Waals surface area contributed by atoms with Gasteiger partial charge in [0.1, 0.15) is 18.3 Å². The number of carboxylic acids is 1. The number of aliphatic carboxylic acids is 1. The van der Waals surface area contributed by atoms with Gasteiger partial charge in [-0.05, 0) is 43.9 Å². The van der Waals surface area contributed by atoms with Crippen molar-refractivity contribution in [1.82, 2.24) is 10.6 Å². The van der Waals surface area contributed by atoms with Crippen LogP contribution in [0.15, 0.2) is 18.2 Å². The predicted molar refractivity (Wildman–Crippen MR) is 240 cm³/mol. The zero-order valence-corrected chi connectivity index (χ0v) is 38.4. The summed E-state index contributed by atoms with van der Waals surface area (Å²) in [5.41, 5.74) is 0.493. The molecule has 0 aromatic heterocycles. The molecule has 0 bridgehead atoms. The van der Waals surface area contributed by atoms with Gasteiger partial charge in [-0.3, -0.25) is 9.59 Å². The largest absolute Gasteiger partial charge is 0.490 e. The van der Waals surface area contributed by atoms with E-state index < -0.39 is 61.1 Å². The molecule has 7 N–H and O–H groups in total. The Morgan fingerprint density at radius 3 is 1.71 bits per heavy atom. The number of carbonyl (C=O) groups excluding carboxylic acids is 2. The first-order chi connectivity index (χ1) is 30.0. The molecule has 6 atom stereocenters. The molecule has 0 aliphatic carbocycles. The Labute approximate surface area is 372 Å². The van der Waals surface area contributed by atoms with Crippen LogP contribution in [0, 0.1) is 0 Å². The Morgan fingerprint density at radius 1 is 0.726 bits per heavy atom. The monoisotopic (exact) mass is 881 g/mol. The number of unbranched alkanes of at least 4 members (excludes halogenated alkanes) is 21. The van der Waals surface area contributed by atoms with Crippen LogP contribution in [0.5, 0.6) is 11.5 Å². The standard InChI is InChI=1S/C48H84N2O12/c1-4-6-8-10-12-14-16-18-21-25-31-59-41-29-28-38(34-42(41)60-32-26-22-19-17-15-13-11-9-7-5-2)46(56)49-30-24-20-23-27-33-61-48(47(57)58)35-39(53)43(50-37(3)52)45(62-48)44(55)40(54)36-51/h28-29,34,39-40,43-45,51,53-55H,4-27,30-33,35-36H2,1-3H3,(H,49,56)(H,50,52)(H,57,58)/t39-,40+,43+,44+,45+,48-/m0/s1. The molecule has 0 spiro atoms. The lowest BCUT2D eigenvalue weighted by molar-refractivity contribution is -0.311. The molecular formula is C48H84N2O12. The molecule has 1 aliphatic heterocycles. The van der Waals surface area contributed by atoms with E-state index in [0.29, 0.717) is 62.5 Å². The van der Waals surface area contributed by atoms with Crippen LogP contribution in [0.4, 0.5) is 0 Å². The van der Waals surface area contributed by atoms with Gasteiger partial charge in [0.2, 0.25) is 5.91 Å². The summed E-state index contributed by atoms with van der Waals surface area (Å²) in [4.78, 5) is 37.3. The number of aliphatic hydroxyl groups excluding tert-OH is 4. The number of carboxylic acid groups (broad SMARTS) is 1. The van der Waals surface area contributed by atoms with Crippen molar-refractivity contribution in [2.24, 2.45) is 0 Å². The first-order valence-electron chi connectivity index (χ1n) is 24.1. The number of ether oxygens (including phenoxy) is 4. The molecule has 0 saturated carbocycles. The van der Waals surface area contributed by atoms with E-state index >= 15 is 0 Å². The van der Waals surface area contributed by atoms with Crippen molar-refractivity contribution >= 4 is 17.8 Å². The quantitative estimate of drug-likeness (QED) is 0.0318. The Bertz CT molecular complexity index is 1350. The van der Waals surface area contributed by atoms with Gasteiger partial charge in [0, 0.05) is 25.5 Å². The molecule has 62 heavy (non-hydrogen) atoms. The van der Waals surface area contributed by atoms with Gasteiger partial charge in [0.25, 0.3) is 11.7 Å². The van der Waals surface area contributed by atoms with Crippen LogP contribution in [0.3, 0.4) is 0 Å². The minimum absolute atomic E-state index is 0.0585. The third-order valence-electron chi connectivity index (χ3n) is 11.6. The number of amides is 2. The Kier molecular flexibility index (Phi) is 29.8. The lowest BCUT2D eigenvalue weighted by Crippen LogP contribution is -2.67. The fourth-order valence-corrected chi connectivity index (χ4v) is 7.82. The Morgan fingerprint density at radius 2 is 1.21 bits per heavy atom. The second-order valence-corrected chi connectivity index (χ2v) is 17.1. The van der Waals surface area contributed by atoms with E-state index in [0.717, 1.165) is 25.7 Å². The average molecular weight is 881 g/mol. The first kappa shape index (κ1) is 55.1. The van der Waals surface area contributed by atoms with Crippen LogP contribution >= 0.6 is 0 Å². The van der Waals surface area contributed by atoms with Gasteiger partial charge < -0.3 is 55.1 Å². The third kappa shape index (κ3) is 22.1. The molecule has 14 heteroatoms. The molecule has 1 aromatic carbocycles. The van der Waals surface area contributed by atoms with E-state index in [4.69, 9.17) is 18.9 Å². The van der Waals surface area contributed by atoms with Crippen LogP contribution in [0.1, 0.15) is 192 Å². The second-order valence-electron chi connectivity index (χ2n) is 17.1. The molecule has 1 fully saturated rings. The van der Waals surface area contributed by atoms with Crippen molar-refractivity contribution < 1.29 is 58.9 Å². The van der Waals surface area contributed by atoms with Crippen LogP contribution < -0.4 is 20.1 Å². The van der Waals surface area contributed by atoms with E-state index in [9.17, 15) is 39.9 Å². The molecular weight excluding hydrogens is 797 g/mol. The third-order valence-corrected chi connectivity index (χ3v) is 11.6. The van der Waals surface area contributed by atoms with Gasteiger partial charge in [-0.2, -0.15) is 0 Å². The highest BCUT2D eigenvalue weighted by Gasteiger charge is 2.55. The molecule has 1 aromatic rings. The smallest absolute Gasteiger partial charge is 0.364 e. The van der Waals surface area contributed by atoms with Gasteiger partial charge in [-0.15, -0.1) is 0 Å². The normalized spacial score (nSPS) is 19.8. The number of rotatable bonds is 38. The van der Waals surface area contributed by atoms with E-state index in [1.165, 1.54) is 110 Å². The fraction of sp³-hybridized carbons (Fsp3) is 0.812. The topological polar surface area (TPSA) is 213 Å². The lowest BCUT2D eigenvalue weighted by Gasteiger charge is -2.46. The van der Waals surface area contributed by atoms with E-state index in [1.807, 2.05) is 6.07 Å². The SMILES string of the molecule is CCCCCCCCCCCCOc1ccc(C(=O)NCCCCCCO[C@@]2(C(=O)O)C[C@H](O)[C@@H](NC(C)=O)[C@H]([C@H](O)[C@H](O)CO)O2)cc1OCCCCCCCCCCCC. The lowest BCUT2D eigenvalue weighted by atomic mass is 9.88. The maximum absolute atomic E-state index is 13.2. The number of aliphatic hydroxyl groups is 4. The van der Waals surface area contributed by atoms with Gasteiger partial charge >= 0.3 is 5.97 Å². The molecule has 1 heterocycles. The number of hydrogen-bond acceptors (Lipinski definition) is 11. The van der Waals surface area contributed by atoms with Gasteiger partial charge in [0.05, 0.1) is 38.6 Å².